The zero-order valence-corrected chi connectivity index (χ0v) is 15.3. The van der Waals surface area contributed by atoms with Crippen LogP contribution in [0.3, 0.4) is 0 Å². The van der Waals surface area contributed by atoms with Crippen LogP contribution >= 0.6 is 0 Å². The summed E-state index contributed by atoms with van der Waals surface area (Å²) in [7, 11) is 1.63. The first-order chi connectivity index (χ1) is 12.6. The van der Waals surface area contributed by atoms with Gasteiger partial charge in [-0.25, -0.2) is 4.68 Å². The largest absolute Gasteiger partial charge is 0.497 e. The highest BCUT2D eigenvalue weighted by molar-refractivity contribution is 6.00. The molecule has 1 N–H and O–H groups in total. The summed E-state index contributed by atoms with van der Waals surface area (Å²) in [5, 5.41) is 7.65. The number of amides is 1. The van der Waals surface area contributed by atoms with Gasteiger partial charge in [-0.1, -0.05) is 32.0 Å². The molecular formula is C21H23N3O2. The highest BCUT2D eigenvalue weighted by Crippen LogP contribution is 2.26. The van der Waals surface area contributed by atoms with E-state index < -0.39 is 0 Å². The number of methoxy groups -OCH3 is 1. The average Bonchev–Trinajstić information content (AvgIpc) is 3.12. The number of nitrogens with one attached hydrogen (secondary N) is 1. The number of ether oxygens (including phenoxy) is 1. The van der Waals surface area contributed by atoms with E-state index in [-0.39, 0.29) is 5.91 Å². The third-order valence-corrected chi connectivity index (χ3v) is 4.01. The molecule has 0 unspecified atom stereocenters. The molecule has 0 spiro atoms. The number of hydrogen-bond donors (Lipinski definition) is 1. The molecular weight excluding hydrogens is 326 g/mol. The molecule has 134 valence electrons. The van der Waals surface area contributed by atoms with Crippen LogP contribution in [0.15, 0.2) is 60.8 Å². The first kappa shape index (κ1) is 17.7. The van der Waals surface area contributed by atoms with Crippen molar-refractivity contribution in [3.8, 4) is 22.7 Å². The Balaban J connectivity index is 2.02. The van der Waals surface area contributed by atoms with Crippen molar-refractivity contribution in [2.45, 2.75) is 13.8 Å². The van der Waals surface area contributed by atoms with Gasteiger partial charge in [0.1, 0.15) is 11.4 Å². The Morgan fingerprint density at radius 2 is 1.81 bits per heavy atom. The molecule has 26 heavy (non-hydrogen) atoms. The first-order valence-electron chi connectivity index (χ1n) is 8.66. The number of carbonyl (C=O) groups is 1. The average molecular weight is 349 g/mol. The summed E-state index contributed by atoms with van der Waals surface area (Å²) in [5.41, 5.74) is 2.98. The fourth-order valence-corrected chi connectivity index (χ4v) is 2.61. The molecule has 1 aromatic heterocycles. The van der Waals surface area contributed by atoms with Crippen LogP contribution in [-0.2, 0) is 0 Å². The molecule has 0 aliphatic carbocycles. The second-order valence-electron chi connectivity index (χ2n) is 6.50. The summed E-state index contributed by atoms with van der Waals surface area (Å²) in [6.45, 7) is 4.76. The summed E-state index contributed by atoms with van der Waals surface area (Å²) < 4.78 is 6.96. The van der Waals surface area contributed by atoms with Crippen molar-refractivity contribution in [2.24, 2.45) is 5.92 Å². The van der Waals surface area contributed by atoms with E-state index in [2.05, 4.69) is 24.3 Å². The van der Waals surface area contributed by atoms with E-state index in [1.807, 2.05) is 54.6 Å². The van der Waals surface area contributed by atoms with Crippen LogP contribution in [0, 0.1) is 5.92 Å². The van der Waals surface area contributed by atoms with E-state index >= 15 is 0 Å². The highest BCUT2D eigenvalue weighted by atomic mass is 16.5. The molecule has 1 heterocycles. The molecule has 0 fully saturated rings. The molecule has 5 nitrogen and oxygen atoms in total. The standard InChI is InChI=1S/C21H23N3O2/c1-15(2)13-22-21(25)19-14-24(17-7-5-4-6-8-17)23-20(19)16-9-11-18(26-3)12-10-16/h4-12,14-15H,13H2,1-3H3,(H,22,25). The molecule has 0 atom stereocenters. The normalized spacial score (nSPS) is 10.8. The van der Waals surface area contributed by atoms with Gasteiger partial charge in [-0.05, 0) is 42.3 Å². The zero-order valence-electron chi connectivity index (χ0n) is 15.3. The Labute approximate surface area is 153 Å². The lowest BCUT2D eigenvalue weighted by molar-refractivity contribution is 0.0949. The molecule has 0 bridgehead atoms. The Kier molecular flexibility index (Phi) is 5.37. The number of rotatable bonds is 6. The minimum absolute atomic E-state index is 0.119. The van der Waals surface area contributed by atoms with E-state index in [0.717, 1.165) is 17.0 Å². The number of carbonyl (C=O) groups excluding carboxylic acids is 1. The van der Waals surface area contributed by atoms with Gasteiger partial charge in [0.15, 0.2) is 0 Å². The van der Waals surface area contributed by atoms with Gasteiger partial charge in [-0.2, -0.15) is 5.10 Å². The summed E-state index contributed by atoms with van der Waals surface area (Å²) >= 11 is 0. The lowest BCUT2D eigenvalue weighted by Crippen LogP contribution is -2.27. The smallest absolute Gasteiger partial charge is 0.255 e. The second-order valence-corrected chi connectivity index (χ2v) is 6.50. The van der Waals surface area contributed by atoms with E-state index in [1.165, 1.54) is 0 Å². The quantitative estimate of drug-likeness (QED) is 0.733. The van der Waals surface area contributed by atoms with Crippen molar-refractivity contribution in [2.75, 3.05) is 13.7 Å². The van der Waals surface area contributed by atoms with Crippen molar-refractivity contribution < 1.29 is 9.53 Å². The van der Waals surface area contributed by atoms with Crippen molar-refractivity contribution in [3.05, 3.63) is 66.4 Å². The molecule has 3 rings (SSSR count). The molecule has 0 saturated carbocycles. The molecule has 2 aromatic carbocycles. The van der Waals surface area contributed by atoms with Crippen LogP contribution in [0.4, 0.5) is 0 Å². The van der Waals surface area contributed by atoms with Gasteiger partial charge in [0.25, 0.3) is 5.91 Å². The first-order valence-corrected chi connectivity index (χ1v) is 8.66. The van der Waals surface area contributed by atoms with Crippen molar-refractivity contribution >= 4 is 5.91 Å². The van der Waals surface area contributed by atoms with Gasteiger partial charge in [0.05, 0.1) is 18.4 Å². The van der Waals surface area contributed by atoms with Crippen LogP contribution in [-0.4, -0.2) is 29.3 Å². The van der Waals surface area contributed by atoms with Gasteiger partial charge < -0.3 is 10.1 Å². The molecule has 0 aliphatic heterocycles. The summed E-state index contributed by atoms with van der Waals surface area (Å²) in [6.07, 6.45) is 1.78. The Morgan fingerprint density at radius 3 is 2.42 bits per heavy atom. The lowest BCUT2D eigenvalue weighted by atomic mass is 10.1. The highest BCUT2D eigenvalue weighted by Gasteiger charge is 2.18. The van der Waals surface area contributed by atoms with Gasteiger partial charge in [-0.3, -0.25) is 4.79 Å². The zero-order chi connectivity index (χ0) is 18.5. The van der Waals surface area contributed by atoms with Gasteiger partial charge in [-0.15, -0.1) is 0 Å². The molecule has 5 heteroatoms. The van der Waals surface area contributed by atoms with E-state index in [9.17, 15) is 4.79 Å². The van der Waals surface area contributed by atoms with Crippen LogP contribution in [0.25, 0.3) is 16.9 Å². The monoisotopic (exact) mass is 349 g/mol. The van der Waals surface area contributed by atoms with Crippen LogP contribution in [0.5, 0.6) is 5.75 Å². The molecule has 0 radical (unpaired) electrons. The topological polar surface area (TPSA) is 56.2 Å². The Morgan fingerprint density at radius 1 is 1.12 bits per heavy atom. The molecule has 0 aliphatic rings. The fourth-order valence-electron chi connectivity index (χ4n) is 2.61. The predicted molar refractivity (Wildman–Crippen MR) is 103 cm³/mol. The third kappa shape index (κ3) is 3.94. The van der Waals surface area contributed by atoms with Crippen LogP contribution in [0.1, 0.15) is 24.2 Å². The van der Waals surface area contributed by atoms with Gasteiger partial charge in [0, 0.05) is 18.3 Å². The summed E-state index contributed by atoms with van der Waals surface area (Å²) in [4.78, 5) is 12.7. The number of para-hydroxylation sites is 1. The van der Waals surface area contributed by atoms with E-state index in [0.29, 0.717) is 23.7 Å². The van der Waals surface area contributed by atoms with E-state index in [1.54, 1.807) is 18.0 Å². The third-order valence-electron chi connectivity index (χ3n) is 4.01. The van der Waals surface area contributed by atoms with Gasteiger partial charge in [0.2, 0.25) is 0 Å². The maximum Gasteiger partial charge on any atom is 0.255 e. The predicted octanol–water partition coefficient (Wildman–Crippen LogP) is 3.93. The van der Waals surface area contributed by atoms with E-state index in [4.69, 9.17) is 4.74 Å². The maximum absolute atomic E-state index is 12.7. The number of aromatic nitrogens is 2. The summed E-state index contributed by atoms with van der Waals surface area (Å²) in [5.74, 6) is 1.03. The second kappa shape index (κ2) is 7.87. The molecule has 0 saturated heterocycles. The summed E-state index contributed by atoms with van der Waals surface area (Å²) in [6, 6.07) is 17.3. The number of hydrogen-bond acceptors (Lipinski definition) is 3. The number of nitrogens with zero attached hydrogens (tertiary/aromatic N) is 2. The van der Waals surface area contributed by atoms with Crippen molar-refractivity contribution in [3.63, 3.8) is 0 Å². The fraction of sp³-hybridized carbons (Fsp3) is 0.238. The van der Waals surface area contributed by atoms with Crippen molar-refractivity contribution in [1.29, 1.82) is 0 Å². The maximum atomic E-state index is 12.7. The van der Waals surface area contributed by atoms with Gasteiger partial charge >= 0.3 is 0 Å². The van der Waals surface area contributed by atoms with Crippen LogP contribution in [0.2, 0.25) is 0 Å². The minimum atomic E-state index is -0.119. The SMILES string of the molecule is COc1ccc(-c2nn(-c3ccccc3)cc2C(=O)NCC(C)C)cc1. The number of benzene rings is 2. The Bertz CT molecular complexity index is 868. The lowest BCUT2D eigenvalue weighted by Gasteiger charge is -2.08. The van der Waals surface area contributed by atoms with Crippen LogP contribution < -0.4 is 10.1 Å². The molecule has 3 aromatic rings. The minimum Gasteiger partial charge on any atom is -0.497 e. The van der Waals surface area contributed by atoms with Crippen molar-refractivity contribution in [1.82, 2.24) is 15.1 Å². The molecule has 1 amide bonds. The Hall–Kier alpha value is -3.08.